The second-order valence-electron chi connectivity index (χ2n) is 6.74. The molecule has 0 aliphatic heterocycles. The van der Waals surface area contributed by atoms with Crippen molar-refractivity contribution in [2.24, 2.45) is 11.1 Å². The summed E-state index contributed by atoms with van der Waals surface area (Å²) in [5, 5.41) is 14.8. The van der Waals surface area contributed by atoms with Crippen molar-refractivity contribution in [2.75, 3.05) is 0 Å². The summed E-state index contributed by atoms with van der Waals surface area (Å²) in [4.78, 5) is 20.9. The number of hydrogen-bond acceptors (Lipinski definition) is 6. The van der Waals surface area contributed by atoms with Crippen molar-refractivity contribution in [2.45, 2.75) is 51.7 Å². The van der Waals surface area contributed by atoms with Gasteiger partial charge in [0.25, 0.3) is 0 Å². The molecule has 1 aromatic carbocycles. The van der Waals surface area contributed by atoms with E-state index in [1.54, 1.807) is 16.8 Å². The first-order valence-corrected chi connectivity index (χ1v) is 10.1. The fourth-order valence-electron chi connectivity index (χ4n) is 3.25. The van der Waals surface area contributed by atoms with E-state index in [1.165, 1.54) is 26.2 Å². The highest BCUT2D eigenvalue weighted by Crippen LogP contribution is 2.37. The Morgan fingerprint density at radius 1 is 1.30 bits per heavy atom. The molecule has 1 fully saturated rings. The van der Waals surface area contributed by atoms with Crippen LogP contribution in [0.1, 0.15) is 56.4 Å². The molecule has 1 unspecified atom stereocenters. The zero-order chi connectivity index (χ0) is 19.1. The largest absolute Gasteiger partial charge is 0.487 e. The SMILES string of the molecule is C/C(=N\OC(c1ccc(OCc2cscn2)cc1)C1CCCCC1)C(=O)O. The average Bonchev–Trinajstić information content (AvgIpc) is 3.21. The highest BCUT2D eigenvalue weighted by Gasteiger charge is 2.27. The minimum absolute atomic E-state index is 0.0426. The number of benzene rings is 1. The molecule has 2 aromatic rings. The van der Waals surface area contributed by atoms with Gasteiger partial charge in [0.1, 0.15) is 12.4 Å². The van der Waals surface area contributed by atoms with E-state index < -0.39 is 5.97 Å². The third kappa shape index (κ3) is 5.53. The first-order chi connectivity index (χ1) is 13.1. The lowest BCUT2D eigenvalue weighted by Crippen LogP contribution is -2.19. The molecule has 6 nitrogen and oxygen atoms in total. The number of rotatable bonds is 8. The molecule has 1 atom stereocenters. The van der Waals surface area contributed by atoms with Crippen molar-refractivity contribution in [3.05, 3.63) is 46.4 Å². The van der Waals surface area contributed by atoms with Crippen LogP contribution in [0.4, 0.5) is 0 Å². The quantitative estimate of drug-likeness (QED) is 0.518. The van der Waals surface area contributed by atoms with Crippen molar-refractivity contribution in [1.82, 2.24) is 4.98 Å². The second kappa shape index (κ2) is 9.50. The van der Waals surface area contributed by atoms with Crippen molar-refractivity contribution < 1.29 is 19.5 Å². The van der Waals surface area contributed by atoms with Gasteiger partial charge in [-0.3, -0.25) is 0 Å². The normalized spacial score (nSPS) is 16.7. The summed E-state index contributed by atoms with van der Waals surface area (Å²) in [6.45, 7) is 1.88. The number of carboxylic acid groups (broad SMARTS) is 1. The minimum atomic E-state index is -1.07. The van der Waals surface area contributed by atoms with Gasteiger partial charge >= 0.3 is 5.97 Å². The van der Waals surface area contributed by atoms with Crippen LogP contribution in [0.3, 0.4) is 0 Å². The van der Waals surface area contributed by atoms with Crippen LogP contribution in [-0.2, 0) is 16.2 Å². The number of thiazole rings is 1. The smallest absolute Gasteiger partial charge is 0.353 e. The Morgan fingerprint density at radius 3 is 2.67 bits per heavy atom. The number of nitrogens with zero attached hydrogens (tertiary/aromatic N) is 2. The highest BCUT2D eigenvalue weighted by atomic mass is 32.1. The number of aliphatic carboxylic acids is 1. The summed E-state index contributed by atoms with van der Waals surface area (Å²) >= 11 is 1.54. The van der Waals surface area contributed by atoms with E-state index in [2.05, 4.69) is 10.1 Å². The number of aromatic nitrogens is 1. The second-order valence-corrected chi connectivity index (χ2v) is 7.46. The van der Waals surface area contributed by atoms with E-state index in [9.17, 15) is 4.79 Å². The third-order valence-corrected chi connectivity index (χ3v) is 5.40. The van der Waals surface area contributed by atoms with Gasteiger partial charge in [-0.05, 0) is 37.5 Å². The number of hydrogen-bond donors (Lipinski definition) is 1. The average molecular weight is 388 g/mol. The Bertz CT molecular complexity index is 753. The van der Waals surface area contributed by atoms with Crippen molar-refractivity contribution in [1.29, 1.82) is 0 Å². The summed E-state index contributed by atoms with van der Waals surface area (Å²) in [6.07, 6.45) is 5.46. The lowest BCUT2D eigenvalue weighted by molar-refractivity contribution is -0.129. The van der Waals surface area contributed by atoms with Crippen LogP contribution in [0.25, 0.3) is 0 Å². The number of ether oxygens (including phenoxy) is 1. The first kappa shape index (κ1) is 19.4. The first-order valence-electron chi connectivity index (χ1n) is 9.17. The summed E-state index contributed by atoms with van der Waals surface area (Å²) < 4.78 is 5.76. The van der Waals surface area contributed by atoms with E-state index in [0.717, 1.165) is 29.8 Å². The van der Waals surface area contributed by atoms with Gasteiger partial charge in [0.15, 0.2) is 11.8 Å². The molecule has 0 saturated heterocycles. The van der Waals surface area contributed by atoms with Crippen LogP contribution >= 0.6 is 11.3 Å². The summed E-state index contributed by atoms with van der Waals surface area (Å²) in [5.74, 6) is 0.0356. The number of oxime groups is 1. The van der Waals surface area contributed by atoms with Crippen LogP contribution in [0.2, 0.25) is 0 Å². The highest BCUT2D eigenvalue weighted by molar-refractivity contribution is 7.07. The lowest BCUT2D eigenvalue weighted by atomic mass is 9.83. The Kier molecular flexibility index (Phi) is 6.81. The van der Waals surface area contributed by atoms with Gasteiger partial charge in [-0.25, -0.2) is 9.78 Å². The Balaban J connectivity index is 1.70. The molecule has 1 heterocycles. The standard InChI is InChI=1S/C20H24N2O4S/c1-14(20(23)24)22-26-19(15-5-3-2-4-6-15)16-7-9-18(10-8-16)25-11-17-12-27-13-21-17/h7-10,12-13,15,19H,2-6,11H2,1H3,(H,23,24)/b22-14+. The molecule has 7 heteroatoms. The molecule has 27 heavy (non-hydrogen) atoms. The van der Waals surface area contributed by atoms with E-state index in [-0.39, 0.29) is 11.8 Å². The van der Waals surface area contributed by atoms with E-state index in [1.807, 2.05) is 29.6 Å². The van der Waals surface area contributed by atoms with Crippen LogP contribution in [-0.4, -0.2) is 21.8 Å². The van der Waals surface area contributed by atoms with E-state index in [0.29, 0.717) is 12.5 Å². The Labute approximate surface area is 162 Å². The maximum atomic E-state index is 11.0. The zero-order valence-electron chi connectivity index (χ0n) is 15.3. The summed E-state index contributed by atoms with van der Waals surface area (Å²) in [7, 11) is 0. The van der Waals surface area contributed by atoms with E-state index >= 15 is 0 Å². The minimum Gasteiger partial charge on any atom is -0.487 e. The van der Waals surface area contributed by atoms with Crippen molar-refractivity contribution in [3.8, 4) is 5.75 Å². The van der Waals surface area contributed by atoms with Crippen LogP contribution in [0.15, 0.2) is 40.3 Å². The van der Waals surface area contributed by atoms with Crippen molar-refractivity contribution >= 4 is 23.0 Å². The monoisotopic (exact) mass is 388 g/mol. The van der Waals surface area contributed by atoms with Gasteiger partial charge in [-0.1, -0.05) is 36.6 Å². The Morgan fingerprint density at radius 2 is 2.04 bits per heavy atom. The predicted octanol–water partition coefficient (Wildman–Crippen LogP) is 4.82. The molecule has 1 aliphatic carbocycles. The van der Waals surface area contributed by atoms with Crippen molar-refractivity contribution in [3.63, 3.8) is 0 Å². The molecular weight excluding hydrogens is 364 g/mol. The lowest BCUT2D eigenvalue weighted by Gasteiger charge is -2.29. The fraction of sp³-hybridized carbons (Fsp3) is 0.450. The topological polar surface area (TPSA) is 81.0 Å². The van der Waals surface area contributed by atoms with Gasteiger partial charge < -0.3 is 14.7 Å². The molecule has 3 rings (SSSR count). The third-order valence-electron chi connectivity index (χ3n) is 4.77. The van der Waals surface area contributed by atoms with Crippen LogP contribution < -0.4 is 4.74 Å². The predicted molar refractivity (Wildman–Crippen MR) is 104 cm³/mol. The van der Waals surface area contributed by atoms with Gasteiger partial charge in [-0.15, -0.1) is 11.3 Å². The maximum absolute atomic E-state index is 11.0. The molecular formula is C20H24N2O4S. The number of carboxylic acids is 1. The molecule has 0 radical (unpaired) electrons. The molecule has 1 aromatic heterocycles. The molecule has 0 bridgehead atoms. The van der Waals surface area contributed by atoms with Gasteiger partial charge in [0.05, 0.1) is 11.2 Å². The number of carbonyl (C=O) groups is 1. The maximum Gasteiger partial charge on any atom is 0.353 e. The van der Waals surface area contributed by atoms with Crippen LogP contribution in [0, 0.1) is 5.92 Å². The van der Waals surface area contributed by atoms with Gasteiger partial charge in [0.2, 0.25) is 0 Å². The fourth-order valence-corrected chi connectivity index (χ4v) is 3.79. The van der Waals surface area contributed by atoms with E-state index in [4.69, 9.17) is 14.7 Å². The van der Waals surface area contributed by atoms with Gasteiger partial charge in [0, 0.05) is 11.3 Å². The molecule has 1 N–H and O–H groups in total. The zero-order valence-corrected chi connectivity index (χ0v) is 16.2. The summed E-state index contributed by atoms with van der Waals surface area (Å²) in [5.41, 5.74) is 3.64. The summed E-state index contributed by atoms with van der Waals surface area (Å²) in [6, 6.07) is 7.77. The molecule has 0 amide bonds. The molecule has 0 spiro atoms. The molecule has 144 valence electrons. The van der Waals surface area contributed by atoms with Crippen LogP contribution in [0.5, 0.6) is 5.75 Å². The Hall–Kier alpha value is -2.41. The van der Waals surface area contributed by atoms with Gasteiger partial charge in [-0.2, -0.15) is 0 Å². The molecule has 1 aliphatic rings. The molecule has 1 saturated carbocycles.